The lowest BCUT2D eigenvalue weighted by atomic mass is 9.86. The van der Waals surface area contributed by atoms with Crippen molar-refractivity contribution in [2.24, 2.45) is 4.99 Å². The van der Waals surface area contributed by atoms with Crippen LogP contribution in [0, 0.1) is 0 Å². The van der Waals surface area contributed by atoms with Gasteiger partial charge in [-0.1, -0.05) is 84.2 Å². The van der Waals surface area contributed by atoms with Crippen molar-refractivity contribution in [3.8, 4) is 0 Å². The largest absolute Gasteiger partial charge is 0.381 e. The molecule has 0 radical (unpaired) electrons. The maximum absolute atomic E-state index is 5.10. The van der Waals surface area contributed by atoms with E-state index >= 15 is 0 Å². The van der Waals surface area contributed by atoms with E-state index in [2.05, 4.69) is 107 Å². The number of nitrogens with one attached hydrogen (secondary N) is 2. The quantitative estimate of drug-likeness (QED) is 0.416. The molecule has 0 saturated heterocycles. The summed E-state index contributed by atoms with van der Waals surface area (Å²) in [7, 11) is 0. The molecular formula is C30H39N3. The van der Waals surface area contributed by atoms with Gasteiger partial charge in [-0.15, -0.1) is 0 Å². The molecule has 1 aliphatic rings. The third-order valence-corrected chi connectivity index (χ3v) is 6.20. The van der Waals surface area contributed by atoms with Gasteiger partial charge in [-0.3, -0.25) is 4.99 Å². The number of hydrogen-bond acceptors (Lipinski definition) is 3. The van der Waals surface area contributed by atoms with E-state index in [0.717, 1.165) is 47.8 Å². The summed E-state index contributed by atoms with van der Waals surface area (Å²) in [6.45, 7) is 21.4. The molecule has 3 heteroatoms. The molecule has 0 aliphatic carbocycles. The Labute approximate surface area is 200 Å². The van der Waals surface area contributed by atoms with Crippen molar-refractivity contribution in [3.05, 3.63) is 95.5 Å². The molecule has 1 aliphatic heterocycles. The van der Waals surface area contributed by atoms with E-state index in [9.17, 15) is 0 Å². The molecular weight excluding hydrogens is 402 g/mol. The smallest absolute Gasteiger partial charge is 0.0900 e. The number of rotatable bonds is 9. The van der Waals surface area contributed by atoms with Crippen LogP contribution in [-0.2, 0) is 5.41 Å². The second-order valence-electron chi connectivity index (χ2n) is 10.0. The van der Waals surface area contributed by atoms with E-state index in [0.29, 0.717) is 6.04 Å². The second kappa shape index (κ2) is 10.2. The van der Waals surface area contributed by atoms with Crippen molar-refractivity contribution in [1.82, 2.24) is 5.32 Å². The Morgan fingerprint density at radius 3 is 2.03 bits per heavy atom. The summed E-state index contributed by atoms with van der Waals surface area (Å²) in [5.74, 6) is 0. The van der Waals surface area contributed by atoms with Crippen LogP contribution in [0.3, 0.4) is 0 Å². The summed E-state index contributed by atoms with van der Waals surface area (Å²) in [4.78, 5) is 5.10. The zero-order chi connectivity index (χ0) is 24.2. The van der Waals surface area contributed by atoms with Crippen LogP contribution in [0.15, 0.2) is 83.8 Å². The van der Waals surface area contributed by atoms with Gasteiger partial charge in [0.1, 0.15) is 0 Å². The van der Waals surface area contributed by atoms with Gasteiger partial charge in [-0.25, -0.2) is 0 Å². The average Bonchev–Trinajstić information content (AvgIpc) is 3.22. The zero-order valence-electron chi connectivity index (χ0n) is 21.2. The second-order valence-corrected chi connectivity index (χ2v) is 10.0. The number of allylic oxidation sites excluding steroid dienone is 2. The molecule has 0 fully saturated rings. The minimum absolute atomic E-state index is 0.137. The highest BCUT2D eigenvalue weighted by atomic mass is 15.0. The molecule has 0 amide bonds. The van der Waals surface area contributed by atoms with Crippen LogP contribution in [0.1, 0.15) is 77.5 Å². The number of aliphatic imine (C=N–C) groups is 1. The fourth-order valence-electron chi connectivity index (χ4n) is 4.12. The molecule has 1 heterocycles. The topological polar surface area (TPSA) is 36.4 Å². The fourth-order valence-corrected chi connectivity index (χ4v) is 4.12. The Morgan fingerprint density at radius 1 is 0.939 bits per heavy atom. The van der Waals surface area contributed by atoms with E-state index in [1.54, 1.807) is 0 Å². The van der Waals surface area contributed by atoms with Crippen molar-refractivity contribution in [2.75, 3.05) is 5.32 Å². The summed E-state index contributed by atoms with van der Waals surface area (Å²) in [5, 5.41) is 6.89. The molecule has 0 aromatic heterocycles. The van der Waals surface area contributed by atoms with Gasteiger partial charge in [-0.2, -0.15) is 0 Å². The monoisotopic (exact) mass is 441 g/mol. The van der Waals surface area contributed by atoms with Crippen molar-refractivity contribution >= 4 is 17.0 Å². The maximum atomic E-state index is 5.10. The van der Waals surface area contributed by atoms with Gasteiger partial charge in [0.15, 0.2) is 0 Å². The zero-order valence-corrected chi connectivity index (χ0v) is 21.2. The molecule has 2 aromatic rings. The van der Waals surface area contributed by atoms with Gasteiger partial charge in [0.25, 0.3) is 0 Å². The van der Waals surface area contributed by atoms with Gasteiger partial charge >= 0.3 is 0 Å². The summed E-state index contributed by atoms with van der Waals surface area (Å²) in [5.41, 5.74) is 9.97. The SMILES string of the molecule is C=C(C)Nc1ccc(C2=C(C(=C)NC(CC)CC)N=C(c3ccc(C(C)(C)C)cc3)C2)cc1. The maximum Gasteiger partial charge on any atom is 0.0900 e. The van der Waals surface area contributed by atoms with Crippen molar-refractivity contribution < 1.29 is 0 Å². The highest BCUT2D eigenvalue weighted by Crippen LogP contribution is 2.35. The molecule has 2 N–H and O–H groups in total. The van der Waals surface area contributed by atoms with Gasteiger partial charge in [-0.05, 0) is 59.6 Å². The van der Waals surface area contributed by atoms with Gasteiger partial charge < -0.3 is 10.6 Å². The molecule has 0 unspecified atom stereocenters. The number of benzene rings is 2. The van der Waals surface area contributed by atoms with Crippen LogP contribution in [0.4, 0.5) is 5.69 Å². The summed E-state index contributed by atoms with van der Waals surface area (Å²) in [6.07, 6.45) is 2.91. The molecule has 0 spiro atoms. The fraction of sp³-hybridized carbons (Fsp3) is 0.367. The van der Waals surface area contributed by atoms with Crippen LogP contribution in [0.25, 0.3) is 5.57 Å². The average molecular weight is 442 g/mol. The highest BCUT2D eigenvalue weighted by molar-refractivity contribution is 6.10. The Balaban J connectivity index is 1.94. The molecule has 3 nitrogen and oxygen atoms in total. The normalized spacial score (nSPS) is 13.8. The third-order valence-electron chi connectivity index (χ3n) is 6.20. The lowest BCUT2D eigenvalue weighted by Gasteiger charge is -2.19. The lowest BCUT2D eigenvalue weighted by Crippen LogP contribution is -2.27. The molecule has 0 saturated carbocycles. The van der Waals surface area contributed by atoms with E-state index in [4.69, 9.17) is 4.99 Å². The van der Waals surface area contributed by atoms with E-state index in [1.165, 1.54) is 22.3 Å². The number of anilines is 1. The van der Waals surface area contributed by atoms with Crippen LogP contribution < -0.4 is 10.6 Å². The first kappa shape index (κ1) is 24.6. The predicted octanol–water partition coefficient (Wildman–Crippen LogP) is 7.83. The summed E-state index contributed by atoms with van der Waals surface area (Å²) in [6, 6.07) is 17.8. The summed E-state index contributed by atoms with van der Waals surface area (Å²) < 4.78 is 0. The van der Waals surface area contributed by atoms with E-state index in [1.807, 2.05) is 6.92 Å². The Bertz CT molecular complexity index is 1060. The standard InChI is InChI=1S/C30H39N3/c1-9-25(10-2)32-21(5)29-27(22-13-17-26(18-14-22)31-20(3)4)19-28(33-29)23-11-15-24(16-12-23)30(6,7)8/h11-18,25,31-32H,3,5,9-10,19H2,1-2,4,6-8H3. The molecule has 174 valence electrons. The van der Waals surface area contributed by atoms with Crippen LogP contribution in [0.2, 0.25) is 0 Å². The van der Waals surface area contributed by atoms with Crippen molar-refractivity contribution in [2.45, 2.75) is 72.3 Å². The minimum Gasteiger partial charge on any atom is -0.381 e. The Hall–Kier alpha value is -3.07. The van der Waals surface area contributed by atoms with E-state index in [-0.39, 0.29) is 5.41 Å². The highest BCUT2D eigenvalue weighted by Gasteiger charge is 2.24. The molecule has 0 bridgehead atoms. The first-order valence-corrected chi connectivity index (χ1v) is 12.0. The molecule has 2 aromatic carbocycles. The van der Waals surface area contributed by atoms with Gasteiger partial charge in [0.05, 0.1) is 17.1 Å². The summed E-state index contributed by atoms with van der Waals surface area (Å²) >= 11 is 0. The predicted molar refractivity (Wildman–Crippen MR) is 145 cm³/mol. The van der Waals surface area contributed by atoms with E-state index < -0.39 is 0 Å². The molecule has 33 heavy (non-hydrogen) atoms. The van der Waals surface area contributed by atoms with Crippen LogP contribution >= 0.6 is 0 Å². The van der Waals surface area contributed by atoms with Crippen molar-refractivity contribution in [1.29, 1.82) is 0 Å². The van der Waals surface area contributed by atoms with Crippen molar-refractivity contribution in [3.63, 3.8) is 0 Å². The number of nitrogens with zero attached hydrogens (tertiary/aromatic N) is 1. The Morgan fingerprint density at radius 2 is 1.52 bits per heavy atom. The minimum atomic E-state index is 0.137. The lowest BCUT2D eigenvalue weighted by molar-refractivity contribution is 0.537. The van der Waals surface area contributed by atoms with Gasteiger partial charge in [0.2, 0.25) is 0 Å². The molecule has 3 rings (SSSR count). The van der Waals surface area contributed by atoms with Gasteiger partial charge in [0, 0.05) is 23.8 Å². The van der Waals surface area contributed by atoms with Crippen LogP contribution in [0.5, 0.6) is 0 Å². The first-order chi connectivity index (χ1) is 15.6. The van der Waals surface area contributed by atoms with Crippen LogP contribution in [-0.4, -0.2) is 11.8 Å². The third kappa shape index (κ3) is 6.04. The molecule has 0 atom stereocenters. The first-order valence-electron chi connectivity index (χ1n) is 12.0. The number of hydrogen-bond donors (Lipinski definition) is 2. The Kier molecular flexibility index (Phi) is 7.63.